The van der Waals surface area contributed by atoms with E-state index in [0.717, 1.165) is 19.8 Å². The molecule has 0 bridgehead atoms. The van der Waals surface area contributed by atoms with E-state index in [2.05, 4.69) is 0 Å². The molecule has 0 N–H and O–H groups in total. The maximum Gasteiger partial charge on any atom is 0.104 e. The van der Waals surface area contributed by atoms with Gasteiger partial charge in [-0.2, -0.15) is 11.2 Å². The van der Waals surface area contributed by atoms with Gasteiger partial charge in [-0.15, -0.1) is 0 Å². The lowest BCUT2D eigenvalue weighted by atomic mass is 10.4. The lowest BCUT2D eigenvalue weighted by molar-refractivity contribution is 0.114. The number of rotatable bonds is 7. The zero-order valence-corrected chi connectivity index (χ0v) is 9.86. The Bertz CT molecular complexity index is 98.4. The molecule has 4 heteroatoms. The van der Waals surface area contributed by atoms with Crippen molar-refractivity contribution in [2.45, 2.75) is 18.9 Å². The van der Waals surface area contributed by atoms with Crippen LogP contribution in [0.1, 0.15) is 12.8 Å². The Balaban J connectivity index is 1.66. The van der Waals surface area contributed by atoms with E-state index in [1.165, 1.54) is 28.0 Å². The first kappa shape index (κ1) is 9.57. The van der Waals surface area contributed by atoms with Crippen LogP contribution in [0.15, 0.2) is 0 Å². The van der Waals surface area contributed by atoms with Crippen molar-refractivity contribution in [3.05, 3.63) is 0 Å². The number of hydrogen-bond donors (Lipinski definition) is 0. The van der Waals surface area contributed by atoms with Gasteiger partial charge in [0, 0.05) is 6.61 Å². The van der Waals surface area contributed by atoms with Gasteiger partial charge in [-0.1, -0.05) is 0 Å². The molecular weight excluding hydrogens is 176 g/mol. The molecule has 2 nitrogen and oxygen atoms in total. The van der Waals surface area contributed by atoms with Gasteiger partial charge in [-0.25, -0.2) is 0 Å². The van der Waals surface area contributed by atoms with E-state index in [9.17, 15) is 0 Å². The summed E-state index contributed by atoms with van der Waals surface area (Å²) in [6.07, 6.45) is 2.95. The van der Waals surface area contributed by atoms with Crippen LogP contribution in [0.5, 0.6) is 0 Å². The minimum Gasteiger partial charge on any atom is -0.379 e. The van der Waals surface area contributed by atoms with Gasteiger partial charge in [-0.3, -0.25) is 0 Å². The third-order valence-corrected chi connectivity index (χ3v) is 3.51. The lowest BCUT2D eigenvalue weighted by Gasteiger charge is -2.00. The molecule has 1 heterocycles. The van der Waals surface area contributed by atoms with Crippen LogP contribution in [0, 0.1) is 0 Å². The second-order valence-corrected chi connectivity index (χ2v) is 5.45. The summed E-state index contributed by atoms with van der Waals surface area (Å²) in [5, 5.41) is 0. The van der Waals surface area contributed by atoms with E-state index < -0.39 is 0 Å². The quantitative estimate of drug-likeness (QED) is 0.327. The molecule has 1 aliphatic rings. The third kappa shape index (κ3) is 5.72. The van der Waals surface area contributed by atoms with Gasteiger partial charge in [0.1, 0.15) is 6.10 Å². The normalized spacial score (nSPS) is 22.4. The first-order chi connectivity index (χ1) is 5.43. The molecule has 0 aromatic carbocycles. The highest BCUT2D eigenvalue weighted by molar-refractivity contribution is 8.19. The molecule has 0 saturated carbocycles. The molecule has 0 aromatic rings. The molecule has 1 rings (SSSR count). The number of epoxide rings is 1. The van der Waals surface area contributed by atoms with Crippen LogP contribution in [0.4, 0.5) is 0 Å². The van der Waals surface area contributed by atoms with Crippen LogP contribution in [0.25, 0.3) is 0 Å². The molecule has 1 fully saturated rings. The summed E-state index contributed by atoms with van der Waals surface area (Å²) in [4.78, 5) is 0. The van der Waals surface area contributed by atoms with Crippen molar-refractivity contribution in [2.75, 3.05) is 25.6 Å². The van der Waals surface area contributed by atoms with Gasteiger partial charge >= 0.3 is 0 Å². The van der Waals surface area contributed by atoms with Crippen molar-refractivity contribution in [3.63, 3.8) is 0 Å². The fraction of sp³-hybridized carbons (Fsp3) is 1.00. The van der Waals surface area contributed by atoms with Crippen LogP contribution in [0.2, 0.25) is 0 Å². The maximum absolute atomic E-state index is 5.38. The largest absolute Gasteiger partial charge is 0.379 e. The molecule has 0 radical (unpaired) electrons. The van der Waals surface area contributed by atoms with E-state index in [-0.39, 0.29) is 0 Å². The Kier molecular flexibility index (Phi) is 5.27. The number of hydrogen-bond acceptors (Lipinski definition) is 3. The second-order valence-electron chi connectivity index (χ2n) is 2.73. The molecule has 66 valence electrons. The van der Waals surface area contributed by atoms with Crippen molar-refractivity contribution >= 4 is 20.6 Å². The highest BCUT2D eigenvalue weighted by atomic mass is 32.4. The fourth-order valence-corrected chi connectivity index (χ4v) is 2.19. The Hall–Kier alpha value is 0.487. The first-order valence-electron chi connectivity index (χ1n) is 4.12. The van der Waals surface area contributed by atoms with Gasteiger partial charge < -0.3 is 9.47 Å². The van der Waals surface area contributed by atoms with Gasteiger partial charge in [0.15, 0.2) is 0 Å². The predicted octanol–water partition coefficient (Wildman–Crippen LogP) is 0.196. The average Bonchev–Trinajstić information content (AvgIpc) is 2.80. The lowest BCUT2D eigenvalue weighted by Crippen LogP contribution is -2.02. The van der Waals surface area contributed by atoms with Crippen molar-refractivity contribution in [1.29, 1.82) is 0 Å². The highest BCUT2D eigenvalue weighted by Gasteiger charge is 2.21. The summed E-state index contributed by atoms with van der Waals surface area (Å²) in [7, 11) is 1.27. The molecule has 0 aromatic heterocycles. The van der Waals surface area contributed by atoms with E-state index in [0.29, 0.717) is 6.10 Å². The predicted molar refractivity (Wildman–Crippen MR) is 52.2 cm³/mol. The van der Waals surface area contributed by atoms with Gasteiger partial charge in [0.05, 0.1) is 22.6 Å². The molecule has 1 aliphatic heterocycles. The minimum absolute atomic E-state index is 0.433. The van der Waals surface area contributed by atoms with Crippen LogP contribution in [0.3, 0.4) is 0 Å². The van der Waals surface area contributed by atoms with E-state index in [4.69, 9.17) is 9.47 Å². The number of ether oxygens (including phenoxy) is 2. The van der Waals surface area contributed by atoms with Crippen LogP contribution >= 0.6 is 11.2 Å². The van der Waals surface area contributed by atoms with E-state index >= 15 is 0 Å². The number of unbranched alkanes of at least 4 members (excludes halogenated alkanes) is 1. The topological polar surface area (TPSA) is 21.8 Å². The third-order valence-electron chi connectivity index (χ3n) is 1.59. The van der Waals surface area contributed by atoms with E-state index in [1.54, 1.807) is 0 Å². The van der Waals surface area contributed by atoms with Crippen LogP contribution < -0.4 is 0 Å². The monoisotopic (exact) mass is 192 g/mol. The van der Waals surface area contributed by atoms with Gasteiger partial charge in [0.25, 0.3) is 0 Å². The van der Waals surface area contributed by atoms with Crippen molar-refractivity contribution < 1.29 is 9.47 Å². The summed E-state index contributed by atoms with van der Waals surface area (Å²) in [6.45, 7) is 2.65. The van der Waals surface area contributed by atoms with Crippen molar-refractivity contribution in [3.8, 4) is 0 Å². The molecule has 11 heavy (non-hydrogen) atoms. The highest BCUT2D eigenvalue weighted by Crippen LogP contribution is 2.08. The fourth-order valence-electron chi connectivity index (χ4n) is 0.830. The molecule has 1 saturated heterocycles. The molecule has 0 aliphatic carbocycles. The molecular formula is C7H16O2SSi. The Morgan fingerprint density at radius 2 is 2.36 bits per heavy atom. The maximum atomic E-state index is 5.38. The SMILES string of the molecule is [SiH3]SCCCCOCC1CO1. The summed E-state index contributed by atoms with van der Waals surface area (Å²) >= 11 is 2.04. The summed E-state index contributed by atoms with van der Waals surface area (Å²) < 4.78 is 10.4. The van der Waals surface area contributed by atoms with Gasteiger partial charge in [0.2, 0.25) is 0 Å². The second kappa shape index (κ2) is 6.05. The van der Waals surface area contributed by atoms with E-state index in [1.807, 2.05) is 11.2 Å². The Labute approximate surface area is 75.1 Å². The summed E-state index contributed by atoms with van der Waals surface area (Å²) in [6, 6.07) is 0. The van der Waals surface area contributed by atoms with Gasteiger partial charge in [-0.05, 0) is 18.6 Å². The van der Waals surface area contributed by atoms with Crippen molar-refractivity contribution in [2.24, 2.45) is 0 Å². The van der Waals surface area contributed by atoms with Crippen LogP contribution in [-0.2, 0) is 9.47 Å². The molecule has 1 unspecified atom stereocenters. The zero-order valence-electron chi connectivity index (χ0n) is 7.04. The zero-order chi connectivity index (χ0) is 7.94. The Morgan fingerprint density at radius 1 is 1.55 bits per heavy atom. The summed E-state index contributed by atoms with van der Waals surface area (Å²) in [5.74, 6) is 1.31. The summed E-state index contributed by atoms with van der Waals surface area (Å²) in [5.41, 5.74) is 0. The molecule has 0 amide bonds. The molecule has 1 atom stereocenters. The average molecular weight is 192 g/mol. The Morgan fingerprint density at radius 3 is 3.00 bits per heavy atom. The van der Waals surface area contributed by atoms with Crippen LogP contribution in [-0.4, -0.2) is 41.1 Å². The standard InChI is InChI=1S/C7H16O2SSi/c11-10-4-2-1-3-8-5-7-6-9-7/h7H,1-6H2,11H3. The smallest absolute Gasteiger partial charge is 0.104 e. The van der Waals surface area contributed by atoms with Crippen molar-refractivity contribution in [1.82, 2.24) is 0 Å². The minimum atomic E-state index is 0.433. The molecule has 0 spiro atoms. The first-order valence-corrected chi connectivity index (χ1v) is 7.96.